The number of rotatable bonds is 9. The van der Waals surface area contributed by atoms with Crippen LogP contribution in [0.5, 0.6) is 0 Å². The Kier molecular flexibility index (Phi) is 10.9. The zero-order valence-corrected chi connectivity index (χ0v) is 44.3. The third-order valence-electron chi connectivity index (χ3n) is 16.7. The molecule has 16 rings (SSSR count). The van der Waals surface area contributed by atoms with Gasteiger partial charge in [0.05, 0.1) is 39.1 Å². The first-order chi connectivity index (χ1) is 40.2. The molecule has 0 saturated heterocycles. The van der Waals surface area contributed by atoms with Crippen LogP contribution in [-0.2, 0) is 0 Å². The van der Waals surface area contributed by atoms with E-state index in [0.29, 0.717) is 0 Å². The van der Waals surface area contributed by atoms with E-state index in [1.807, 2.05) is 0 Å². The van der Waals surface area contributed by atoms with E-state index in [1.54, 1.807) is 0 Å². The van der Waals surface area contributed by atoms with Crippen molar-refractivity contribution < 1.29 is 0 Å². The fourth-order valence-electron chi connectivity index (χ4n) is 12.8. The normalized spacial score (nSPS) is 11.7. The Bertz CT molecular complexity index is 4870. The summed E-state index contributed by atoms with van der Waals surface area (Å²) in [6, 6.07) is 114. The van der Waals surface area contributed by atoms with Gasteiger partial charge in [0.1, 0.15) is 0 Å². The van der Waals surface area contributed by atoms with Crippen molar-refractivity contribution in [3.63, 3.8) is 0 Å². The molecule has 0 saturated carbocycles. The van der Waals surface area contributed by atoms with Crippen LogP contribution in [0.4, 0.5) is 17.1 Å². The Labute approximate surface area is 469 Å². The summed E-state index contributed by atoms with van der Waals surface area (Å²) in [7, 11) is 0. The van der Waals surface area contributed by atoms with E-state index in [-0.39, 0.29) is 0 Å². The van der Waals surface area contributed by atoms with E-state index in [4.69, 9.17) is 0 Å². The van der Waals surface area contributed by atoms with Gasteiger partial charge in [0.25, 0.3) is 0 Å². The molecule has 0 bridgehead atoms. The third kappa shape index (κ3) is 7.81. The quantitative estimate of drug-likeness (QED) is 0.140. The van der Waals surface area contributed by atoms with Crippen molar-refractivity contribution in [3.05, 3.63) is 309 Å². The number of hydrogen-bond acceptors (Lipinski definition) is 1. The maximum absolute atomic E-state index is 2.45. The summed E-state index contributed by atoms with van der Waals surface area (Å²) in [6.07, 6.45) is 0. The van der Waals surface area contributed by atoms with Gasteiger partial charge in [0.15, 0.2) is 0 Å². The molecule has 2 heterocycles. The van der Waals surface area contributed by atoms with Crippen molar-refractivity contribution in [2.45, 2.75) is 0 Å². The molecule has 378 valence electrons. The highest BCUT2D eigenvalue weighted by Gasteiger charge is 2.20. The van der Waals surface area contributed by atoms with E-state index in [1.165, 1.54) is 115 Å². The van der Waals surface area contributed by atoms with Gasteiger partial charge in [0, 0.05) is 49.1 Å². The van der Waals surface area contributed by atoms with Crippen LogP contribution in [0.3, 0.4) is 0 Å². The van der Waals surface area contributed by atoms with Gasteiger partial charge in [0.2, 0.25) is 0 Å². The second-order valence-corrected chi connectivity index (χ2v) is 21.3. The summed E-state index contributed by atoms with van der Waals surface area (Å²) in [4.78, 5) is 2.36. The van der Waals surface area contributed by atoms with Crippen molar-refractivity contribution in [2.75, 3.05) is 4.90 Å². The topological polar surface area (TPSA) is 13.1 Å². The summed E-state index contributed by atoms with van der Waals surface area (Å²) in [5.41, 5.74) is 19.8. The predicted molar refractivity (Wildman–Crippen MR) is 344 cm³/mol. The second kappa shape index (κ2) is 19.0. The molecule has 2 aromatic heterocycles. The lowest BCUT2D eigenvalue weighted by Crippen LogP contribution is -2.10. The first-order valence-electron chi connectivity index (χ1n) is 27.9. The Balaban J connectivity index is 0.827. The molecular formula is C78H51N3. The zero-order valence-electron chi connectivity index (χ0n) is 44.3. The Hall–Kier alpha value is -10.7. The molecule has 0 aliphatic rings. The molecule has 0 N–H and O–H groups in total. The molecule has 3 nitrogen and oxygen atoms in total. The molecule has 0 fully saturated rings. The molecule has 0 unspecified atom stereocenters. The van der Waals surface area contributed by atoms with E-state index >= 15 is 0 Å². The van der Waals surface area contributed by atoms with Gasteiger partial charge in [-0.25, -0.2) is 0 Å². The monoisotopic (exact) mass is 1030 g/mol. The molecule has 0 aliphatic carbocycles. The predicted octanol–water partition coefficient (Wildman–Crippen LogP) is 21.5. The Morgan fingerprint density at radius 1 is 0.198 bits per heavy atom. The van der Waals surface area contributed by atoms with Crippen LogP contribution >= 0.6 is 0 Å². The molecule has 0 spiro atoms. The van der Waals surface area contributed by atoms with E-state index in [2.05, 4.69) is 323 Å². The minimum Gasteiger partial charge on any atom is -0.310 e. The second-order valence-electron chi connectivity index (χ2n) is 21.3. The zero-order chi connectivity index (χ0) is 53.4. The summed E-state index contributed by atoms with van der Waals surface area (Å²) in [5.74, 6) is 0. The van der Waals surface area contributed by atoms with Crippen LogP contribution in [-0.4, -0.2) is 9.13 Å². The molecular weight excluding hydrogens is 979 g/mol. The van der Waals surface area contributed by atoms with Crippen molar-refractivity contribution in [1.29, 1.82) is 0 Å². The number of hydrogen-bond donors (Lipinski definition) is 0. The number of aromatic nitrogens is 2. The van der Waals surface area contributed by atoms with Gasteiger partial charge in [-0.1, -0.05) is 212 Å². The molecule has 0 radical (unpaired) electrons. The van der Waals surface area contributed by atoms with Crippen molar-refractivity contribution in [2.24, 2.45) is 0 Å². The van der Waals surface area contributed by atoms with Crippen molar-refractivity contribution in [1.82, 2.24) is 9.13 Å². The van der Waals surface area contributed by atoms with Crippen molar-refractivity contribution in [3.8, 4) is 55.9 Å². The largest absolute Gasteiger partial charge is 0.310 e. The van der Waals surface area contributed by atoms with Gasteiger partial charge in [-0.2, -0.15) is 0 Å². The van der Waals surface area contributed by atoms with Crippen LogP contribution in [0.2, 0.25) is 0 Å². The summed E-state index contributed by atoms with van der Waals surface area (Å²) in [5, 5.41) is 12.3. The standard InChI is InChI=1S/C78H51N3/c1-2-23-63(24-3-1)79(72-32-14-20-55-17-4-7-25-65(55)72)64-43-39-53(40-44-64)52-35-37-54(38-36-52)60-47-61(58-41-45-77-70(50-58)68-28-10-12-30-75(68)80(77)73-33-15-21-56-18-5-8-26-66(56)73)49-62(48-60)59-42-46-78-71(51-59)69-29-11-13-31-76(69)81(78)74-34-16-22-57-19-6-9-27-67(57)74/h1-51H. The highest BCUT2D eigenvalue weighted by atomic mass is 15.1. The maximum Gasteiger partial charge on any atom is 0.0541 e. The number of fused-ring (bicyclic) bond motifs is 9. The van der Waals surface area contributed by atoms with Crippen LogP contribution in [0.25, 0.3) is 132 Å². The molecule has 14 aromatic carbocycles. The first kappa shape index (κ1) is 46.4. The van der Waals surface area contributed by atoms with Gasteiger partial charge >= 0.3 is 0 Å². The molecule has 0 atom stereocenters. The minimum atomic E-state index is 1.11. The summed E-state index contributed by atoms with van der Waals surface area (Å²) in [6.45, 7) is 0. The Morgan fingerprint density at radius 3 is 1.06 bits per heavy atom. The number of para-hydroxylation sites is 3. The van der Waals surface area contributed by atoms with Crippen LogP contribution in [0.1, 0.15) is 0 Å². The lowest BCUT2D eigenvalue weighted by Gasteiger charge is -2.27. The lowest BCUT2D eigenvalue weighted by molar-refractivity contribution is 1.20. The third-order valence-corrected chi connectivity index (χ3v) is 16.7. The smallest absolute Gasteiger partial charge is 0.0541 e. The fraction of sp³-hybridized carbons (Fsp3) is 0. The maximum atomic E-state index is 2.45. The average molecular weight is 1030 g/mol. The fourth-order valence-corrected chi connectivity index (χ4v) is 12.8. The molecule has 81 heavy (non-hydrogen) atoms. The van der Waals surface area contributed by atoms with E-state index in [9.17, 15) is 0 Å². The molecule has 3 heteroatoms. The minimum absolute atomic E-state index is 1.11. The summed E-state index contributed by atoms with van der Waals surface area (Å²) >= 11 is 0. The molecule has 16 aromatic rings. The van der Waals surface area contributed by atoms with Crippen molar-refractivity contribution >= 4 is 93.0 Å². The van der Waals surface area contributed by atoms with Crippen LogP contribution in [0, 0.1) is 0 Å². The van der Waals surface area contributed by atoms with Gasteiger partial charge < -0.3 is 14.0 Å². The number of benzene rings is 14. The summed E-state index contributed by atoms with van der Waals surface area (Å²) < 4.78 is 4.89. The van der Waals surface area contributed by atoms with E-state index < -0.39 is 0 Å². The van der Waals surface area contributed by atoms with Gasteiger partial charge in [-0.3, -0.25) is 0 Å². The Morgan fingerprint density at radius 2 is 0.543 bits per heavy atom. The van der Waals surface area contributed by atoms with Crippen LogP contribution < -0.4 is 4.90 Å². The molecule has 0 amide bonds. The molecule has 0 aliphatic heterocycles. The average Bonchev–Trinajstić information content (AvgIpc) is 4.30. The van der Waals surface area contributed by atoms with Gasteiger partial charge in [-0.15, -0.1) is 0 Å². The number of anilines is 3. The van der Waals surface area contributed by atoms with Crippen LogP contribution in [0.15, 0.2) is 309 Å². The van der Waals surface area contributed by atoms with E-state index in [0.717, 1.165) is 33.8 Å². The highest BCUT2D eigenvalue weighted by Crippen LogP contribution is 2.43. The van der Waals surface area contributed by atoms with Gasteiger partial charge in [-0.05, 0) is 158 Å². The highest BCUT2D eigenvalue weighted by molar-refractivity contribution is 6.13. The lowest BCUT2D eigenvalue weighted by atomic mass is 9.91. The SMILES string of the molecule is c1ccc(N(c2ccc(-c3ccc(-c4cc(-c5ccc6c(c5)c5ccccc5n6-c5cccc6ccccc56)cc(-c5ccc6c(c5)c5ccccc5n6-c5cccc6ccccc56)c4)cc3)cc2)c2cccc3ccccc23)cc1. The first-order valence-corrected chi connectivity index (χ1v) is 27.9. The number of nitrogens with zero attached hydrogens (tertiary/aromatic N) is 3.